The highest BCUT2D eigenvalue weighted by molar-refractivity contribution is 6.32. The summed E-state index contributed by atoms with van der Waals surface area (Å²) < 4.78 is 5.44. The predicted molar refractivity (Wildman–Crippen MR) is 72.7 cm³/mol. The predicted octanol–water partition coefficient (Wildman–Crippen LogP) is -1.05. The third-order valence-corrected chi connectivity index (χ3v) is 3.04. The number of rotatable bonds is 9. The molecule has 1 atom stereocenters. The van der Waals surface area contributed by atoms with Gasteiger partial charge in [-0.25, -0.2) is 0 Å². The first-order valence-corrected chi connectivity index (χ1v) is 6.65. The van der Waals surface area contributed by atoms with Gasteiger partial charge in [0.2, 0.25) is 0 Å². The number of halogens is 1. The van der Waals surface area contributed by atoms with Gasteiger partial charge in [0, 0.05) is 0 Å². The van der Waals surface area contributed by atoms with Crippen LogP contribution in [0.2, 0.25) is 5.02 Å². The van der Waals surface area contributed by atoms with Crippen LogP contribution in [0.1, 0.15) is 0 Å². The summed E-state index contributed by atoms with van der Waals surface area (Å²) in [7, 11) is 0. The summed E-state index contributed by atoms with van der Waals surface area (Å²) in [5.41, 5.74) is 0. The Bertz CT molecular complexity index is 358. The number of aliphatic hydroxyl groups excluding tert-OH is 3. The van der Waals surface area contributed by atoms with E-state index >= 15 is 0 Å². The number of para-hydroxylation sites is 1. The van der Waals surface area contributed by atoms with Crippen molar-refractivity contribution in [3.8, 4) is 5.75 Å². The summed E-state index contributed by atoms with van der Waals surface area (Å²) in [6.07, 6.45) is -0.677. The average Bonchev–Trinajstić information content (AvgIpc) is 2.38. The lowest BCUT2D eigenvalue weighted by Crippen LogP contribution is -3.14. The molecule has 0 saturated heterocycles. The summed E-state index contributed by atoms with van der Waals surface area (Å²) in [5, 5.41) is 28.2. The fraction of sp³-hybridized carbons (Fsp3) is 0.538. The van der Waals surface area contributed by atoms with E-state index in [2.05, 4.69) is 0 Å². The highest BCUT2D eigenvalue weighted by Crippen LogP contribution is 2.22. The van der Waals surface area contributed by atoms with Gasteiger partial charge in [0.25, 0.3) is 0 Å². The van der Waals surface area contributed by atoms with Gasteiger partial charge >= 0.3 is 0 Å². The highest BCUT2D eigenvalue weighted by atomic mass is 35.5. The number of nitrogens with one attached hydrogen (secondary N) is 1. The highest BCUT2D eigenvalue weighted by Gasteiger charge is 2.15. The Morgan fingerprint density at radius 3 is 2.37 bits per heavy atom. The van der Waals surface area contributed by atoms with E-state index in [4.69, 9.17) is 26.6 Å². The van der Waals surface area contributed by atoms with E-state index in [0.717, 1.165) is 4.90 Å². The van der Waals surface area contributed by atoms with Crippen LogP contribution in [0.15, 0.2) is 24.3 Å². The van der Waals surface area contributed by atoms with Crippen molar-refractivity contribution in [2.45, 2.75) is 6.10 Å². The maximum Gasteiger partial charge on any atom is 0.138 e. The molecule has 1 aromatic carbocycles. The van der Waals surface area contributed by atoms with E-state index in [0.29, 0.717) is 30.4 Å². The van der Waals surface area contributed by atoms with Gasteiger partial charge in [-0.3, -0.25) is 0 Å². The van der Waals surface area contributed by atoms with Gasteiger partial charge in [0.1, 0.15) is 38.1 Å². The number of benzene rings is 1. The fourth-order valence-electron chi connectivity index (χ4n) is 1.79. The minimum Gasteiger partial charge on any atom is -0.489 e. The molecule has 0 bridgehead atoms. The number of quaternary nitrogens is 1. The maximum atomic E-state index is 9.87. The molecule has 0 aromatic heterocycles. The molecule has 1 rings (SSSR count). The minimum atomic E-state index is -0.677. The van der Waals surface area contributed by atoms with Crippen LogP contribution in [-0.4, -0.2) is 60.9 Å². The standard InChI is InChI=1S/C13H20ClNO4/c14-12-3-1-2-4-13(12)19-10-11(18)9-15(5-7-16)6-8-17/h1-4,11,16-18H,5-10H2/p+1/t11-/m0/s1. The molecular weight excluding hydrogens is 270 g/mol. The molecule has 4 N–H and O–H groups in total. The number of aliphatic hydroxyl groups is 3. The average molecular weight is 291 g/mol. The van der Waals surface area contributed by atoms with Crippen LogP contribution in [0.3, 0.4) is 0 Å². The van der Waals surface area contributed by atoms with Crippen LogP contribution >= 0.6 is 11.6 Å². The Morgan fingerprint density at radius 2 is 1.79 bits per heavy atom. The lowest BCUT2D eigenvalue weighted by Gasteiger charge is -2.21. The molecule has 0 unspecified atom stereocenters. The lowest BCUT2D eigenvalue weighted by atomic mass is 10.3. The molecule has 0 spiro atoms. The van der Waals surface area contributed by atoms with Crippen molar-refractivity contribution in [1.29, 1.82) is 0 Å². The van der Waals surface area contributed by atoms with E-state index < -0.39 is 6.10 Å². The first kappa shape index (κ1) is 16.2. The van der Waals surface area contributed by atoms with Crippen LogP contribution in [0.4, 0.5) is 0 Å². The number of ether oxygens (including phenoxy) is 1. The topological polar surface area (TPSA) is 74.4 Å². The summed E-state index contributed by atoms with van der Waals surface area (Å²) in [4.78, 5) is 0.931. The molecular formula is C13H21ClNO4+. The van der Waals surface area contributed by atoms with Gasteiger partial charge in [0.05, 0.1) is 18.2 Å². The quantitative estimate of drug-likeness (QED) is 0.468. The molecule has 0 aliphatic rings. The van der Waals surface area contributed by atoms with Crippen molar-refractivity contribution in [2.24, 2.45) is 0 Å². The molecule has 0 heterocycles. The van der Waals surface area contributed by atoms with Gasteiger partial charge in [-0.2, -0.15) is 0 Å². The van der Waals surface area contributed by atoms with Gasteiger partial charge in [0.15, 0.2) is 0 Å². The Balaban J connectivity index is 2.38. The van der Waals surface area contributed by atoms with E-state index in [1.54, 1.807) is 18.2 Å². The monoisotopic (exact) mass is 290 g/mol. The second-order valence-corrected chi connectivity index (χ2v) is 4.70. The van der Waals surface area contributed by atoms with Crippen LogP contribution in [0.5, 0.6) is 5.75 Å². The van der Waals surface area contributed by atoms with E-state index in [9.17, 15) is 5.11 Å². The Hall–Kier alpha value is -0.850. The van der Waals surface area contributed by atoms with Crippen LogP contribution < -0.4 is 9.64 Å². The van der Waals surface area contributed by atoms with Crippen LogP contribution in [0.25, 0.3) is 0 Å². The Labute approximate surface area is 118 Å². The van der Waals surface area contributed by atoms with Crippen LogP contribution in [-0.2, 0) is 0 Å². The minimum absolute atomic E-state index is 0.0213. The van der Waals surface area contributed by atoms with Crippen molar-refractivity contribution < 1.29 is 25.0 Å². The normalized spacial score (nSPS) is 12.7. The zero-order valence-corrected chi connectivity index (χ0v) is 11.5. The van der Waals surface area contributed by atoms with Gasteiger partial charge in [-0.15, -0.1) is 0 Å². The van der Waals surface area contributed by atoms with Crippen molar-refractivity contribution in [1.82, 2.24) is 0 Å². The summed E-state index contributed by atoms with van der Waals surface area (Å²) >= 11 is 5.93. The van der Waals surface area contributed by atoms with Gasteiger partial charge in [-0.1, -0.05) is 23.7 Å². The Kier molecular flexibility index (Phi) is 7.78. The van der Waals surface area contributed by atoms with E-state index in [1.165, 1.54) is 0 Å². The Morgan fingerprint density at radius 1 is 1.16 bits per heavy atom. The fourth-order valence-corrected chi connectivity index (χ4v) is 1.98. The summed E-state index contributed by atoms with van der Waals surface area (Å²) in [5.74, 6) is 0.536. The molecule has 0 aliphatic heterocycles. The third-order valence-electron chi connectivity index (χ3n) is 2.72. The van der Waals surface area contributed by atoms with Crippen molar-refractivity contribution >= 4 is 11.6 Å². The third kappa shape index (κ3) is 6.22. The molecule has 1 aromatic rings. The van der Waals surface area contributed by atoms with E-state index in [-0.39, 0.29) is 19.8 Å². The molecule has 108 valence electrons. The van der Waals surface area contributed by atoms with E-state index in [1.807, 2.05) is 6.07 Å². The zero-order valence-electron chi connectivity index (χ0n) is 10.8. The molecule has 0 saturated carbocycles. The van der Waals surface area contributed by atoms with Gasteiger partial charge < -0.3 is 25.0 Å². The van der Waals surface area contributed by atoms with Crippen molar-refractivity contribution in [3.63, 3.8) is 0 Å². The molecule has 0 fully saturated rings. The second kappa shape index (κ2) is 9.12. The van der Waals surface area contributed by atoms with Crippen LogP contribution in [0, 0.1) is 0 Å². The van der Waals surface area contributed by atoms with Crippen molar-refractivity contribution in [2.75, 3.05) is 39.5 Å². The summed E-state index contributed by atoms with van der Waals surface area (Å²) in [6, 6.07) is 7.07. The molecule has 5 nitrogen and oxygen atoms in total. The smallest absolute Gasteiger partial charge is 0.138 e. The van der Waals surface area contributed by atoms with Crippen molar-refractivity contribution in [3.05, 3.63) is 29.3 Å². The number of hydrogen-bond donors (Lipinski definition) is 4. The second-order valence-electron chi connectivity index (χ2n) is 4.30. The maximum absolute atomic E-state index is 9.87. The molecule has 19 heavy (non-hydrogen) atoms. The first-order valence-electron chi connectivity index (χ1n) is 6.28. The SMILES string of the molecule is OCC[NH+](CCO)C[C@H](O)COc1ccccc1Cl. The molecule has 0 amide bonds. The molecule has 6 heteroatoms. The lowest BCUT2D eigenvalue weighted by molar-refractivity contribution is -0.903. The zero-order chi connectivity index (χ0) is 14.1. The molecule has 0 aliphatic carbocycles. The number of hydrogen-bond acceptors (Lipinski definition) is 4. The van der Waals surface area contributed by atoms with Gasteiger partial charge in [-0.05, 0) is 12.1 Å². The molecule has 0 radical (unpaired) electrons. The first-order chi connectivity index (χ1) is 9.17. The summed E-state index contributed by atoms with van der Waals surface area (Å²) in [6.45, 7) is 1.56. The largest absolute Gasteiger partial charge is 0.489 e.